The number of nitrogens with zero attached hydrogens (tertiary/aromatic N) is 1. The van der Waals surface area contributed by atoms with Crippen LogP contribution < -0.4 is 0 Å². The minimum absolute atomic E-state index is 0.0915. The fourth-order valence-electron chi connectivity index (χ4n) is 1.40. The van der Waals surface area contributed by atoms with Crippen molar-refractivity contribution in [3.63, 3.8) is 0 Å². The van der Waals surface area contributed by atoms with Gasteiger partial charge in [0, 0.05) is 19.6 Å². The number of rotatable bonds is 8. The first-order valence-electron chi connectivity index (χ1n) is 5.66. The Balaban J connectivity index is 3.92. The van der Waals surface area contributed by atoms with Crippen LogP contribution >= 0.6 is 0 Å². The van der Waals surface area contributed by atoms with Gasteiger partial charge < -0.3 is 8.85 Å². The van der Waals surface area contributed by atoms with Gasteiger partial charge in [-0.1, -0.05) is 13.8 Å². The molecule has 0 aromatic rings. The van der Waals surface area contributed by atoms with Crippen LogP contribution in [0.2, 0.25) is 6.04 Å². The van der Waals surface area contributed by atoms with Gasteiger partial charge in [0.1, 0.15) is 0 Å². The van der Waals surface area contributed by atoms with E-state index in [0.717, 1.165) is 25.7 Å². The fourth-order valence-corrected chi connectivity index (χ4v) is 3.59. The fraction of sp³-hybridized carbons (Fsp3) is 0.909. The maximum absolute atomic E-state index is 8.67. The van der Waals surface area contributed by atoms with Crippen molar-refractivity contribution in [1.29, 1.82) is 5.26 Å². The van der Waals surface area contributed by atoms with E-state index in [1.807, 2.05) is 13.8 Å². The summed E-state index contributed by atoms with van der Waals surface area (Å²) in [7, 11) is -1.47. The highest BCUT2D eigenvalue weighted by Crippen LogP contribution is 2.27. The standard InChI is InChI=1S/C11H23NO2Si/c1-5-13-15(14-6-2)10-8-11(3,4)7-9-12/h15H,5-8,10H2,1-4H3. The van der Waals surface area contributed by atoms with Gasteiger partial charge in [-0.3, -0.25) is 0 Å². The molecule has 0 aliphatic rings. The second-order valence-corrected chi connectivity index (χ2v) is 6.48. The SMILES string of the molecule is CCO[SiH](CCC(C)(C)CC#N)OCC. The van der Waals surface area contributed by atoms with Crippen molar-refractivity contribution >= 4 is 9.28 Å². The largest absolute Gasteiger partial charge is 0.397 e. The Bertz CT molecular complexity index is 195. The zero-order chi connectivity index (χ0) is 11.7. The Morgan fingerprint density at radius 3 is 2.13 bits per heavy atom. The van der Waals surface area contributed by atoms with E-state index in [1.165, 1.54) is 0 Å². The van der Waals surface area contributed by atoms with Crippen molar-refractivity contribution < 1.29 is 8.85 Å². The molecule has 0 heterocycles. The lowest BCUT2D eigenvalue weighted by atomic mass is 9.87. The zero-order valence-electron chi connectivity index (χ0n) is 10.4. The van der Waals surface area contributed by atoms with Gasteiger partial charge in [-0.05, 0) is 31.7 Å². The number of hydrogen-bond donors (Lipinski definition) is 0. The summed E-state index contributed by atoms with van der Waals surface area (Å²) in [4.78, 5) is 0. The van der Waals surface area contributed by atoms with Crippen LogP contribution in [0.15, 0.2) is 0 Å². The molecule has 3 nitrogen and oxygen atoms in total. The molecule has 0 atom stereocenters. The van der Waals surface area contributed by atoms with E-state index in [4.69, 9.17) is 14.1 Å². The second-order valence-electron chi connectivity index (χ2n) is 4.38. The van der Waals surface area contributed by atoms with E-state index in [1.54, 1.807) is 0 Å². The Labute approximate surface area is 95.2 Å². The van der Waals surface area contributed by atoms with Gasteiger partial charge in [0.05, 0.1) is 6.07 Å². The molecule has 0 aromatic heterocycles. The van der Waals surface area contributed by atoms with Gasteiger partial charge in [0.2, 0.25) is 0 Å². The zero-order valence-corrected chi connectivity index (χ0v) is 11.5. The summed E-state index contributed by atoms with van der Waals surface area (Å²) < 4.78 is 11.2. The van der Waals surface area contributed by atoms with Gasteiger partial charge in [-0.2, -0.15) is 5.26 Å². The van der Waals surface area contributed by atoms with E-state index < -0.39 is 9.28 Å². The normalized spacial score (nSPS) is 11.7. The van der Waals surface area contributed by atoms with Crippen molar-refractivity contribution in [3.8, 4) is 6.07 Å². The first-order valence-corrected chi connectivity index (χ1v) is 7.41. The Kier molecular flexibility index (Phi) is 7.66. The van der Waals surface area contributed by atoms with Gasteiger partial charge >= 0.3 is 9.28 Å². The molecule has 0 saturated carbocycles. The van der Waals surface area contributed by atoms with Crippen molar-refractivity contribution in [1.82, 2.24) is 0 Å². The molecule has 0 N–H and O–H groups in total. The minimum atomic E-state index is -1.47. The summed E-state index contributed by atoms with van der Waals surface area (Å²) >= 11 is 0. The first kappa shape index (κ1) is 14.6. The summed E-state index contributed by atoms with van der Waals surface area (Å²) in [6.45, 7) is 9.71. The average molecular weight is 229 g/mol. The van der Waals surface area contributed by atoms with Gasteiger partial charge in [0.15, 0.2) is 0 Å². The average Bonchev–Trinajstić information content (AvgIpc) is 2.15. The molecule has 88 valence electrons. The maximum atomic E-state index is 8.67. The highest BCUT2D eigenvalue weighted by atomic mass is 28.3. The Morgan fingerprint density at radius 2 is 1.73 bits per heavy atom. The third kappa shape index (κ3) is 7.54. The number of hydrogen-bond acceptors (Lipinski definition) is 3. The van der Waals surface area contributed by atoms with E-state index in [2.05, 4.69) is 19.9 Å². The van der Waals surface area contributed by atoms with Crippen LogP contribution in [0.25, 0.3) is 0 Å². The smallest absolute Gasteiger partial charge is 0.321 e. The number of nitriles is 1. The lowest BCUT2D eigenvalue weighted by Crippen LogP contribution is -2.25. The van der Waals surface area contributed by atoms with Crippen LogP contribution in [0.1, 0.15) is 40.5 Å². The molecular formula is C11H23NO2Si. The molecule has 15 heavy (non-hydrogen) atoms. The molecule has 0 fully saturated rings. The molecule has 0 aliphatic heterocycles. The van der Waals surface area contributed by atoms with Crippen LogP contribution in [0.3, 0.4) is 0 Å². The predicted octanol–water partition coefficient (Wildman–Crippen LogP) is 2.61. The third-order valence-electron chi connectivity index (χ3n) is 2.32. The Morgan fingerprint density at radius 1 is 1.20 bits per heavy atom. The second kappa shape index (κ2) is 7.86. The molecule has 0 radical (unpaired) electrons. The van der Waals surface area contributed by atoms with Crippen LogP contribution in [-0.4, -0.2) is 22.5 Å². The molecule has 0 bridgehead atoms. The summed E-state index contributed by atoms with van der Waals surface area (Å²) in [5, 5.41) is 8.67. The maximum Gasteiger partial charge on any atom is 0.321 e. The predicted molar refractivity (Wildman–Crippen MR) is 63.8 cm³/mol. The Hall–Kier alpha value is -0.373. The molecule has 0 rings (SSSR count). The van der Waals surface area contributed by atoms with Gasteiger partial charge in [-0.15, -0.1) is 0 Å². The van der Waals surface area contributed by atoms with Gasteiger partial charge in [0.25, 0.3) is 0 Å². The summed E-state index contributed by atoms with van der Waals surface area (Å²) in [6, 6.07) is 3.23. The molecule has 4 heteroatoms. The molecule has 0 spiro atoms. The summed E-state index contributed by atoms with van der Waals surface area (Å²) in [6.07, 6.45) is 1.61. The minimum Gasteiger partial charge on any atom is -0.397 e. The van der Waals surface area contributed by atoms with Crippen LogP contribution in [0.4, 0.5) is 0 Å². The molecular weight excluding hydrogens is 206 g/mol. The molecule has 0 amide bonds. The molecule has 0 saturated heterocycles. The van der Waals surface area contributed by atoms with Crippen molar-refractivity contribution in [2.75, 3.05) is 13.2 Å². The first-order chi connectivity index (χ1) is 7.05. The quantitative estimate of drug-likeness (QED) is 0.601. The highest BCUT2D eigenvalue weighted by molar-refractivity contribution is 6.44. The van der Waals surface area contributed by atoms with E-state index in [0.29, 0.717) is 6.42 Å². The van der Waals surface area contributed by atoms with E-state index >= 15 is 0 Å². The molecule has 0 aromatic carbocycles. The highest BCUT2D eigenvalue weighted by Gasteiger charge is 2.21. The van der Waals surface area contributed by atoms with Crippen LogP contribution in [0.5, 0.6) is 0 Å². The van der Waals surface area contributed by atoms with Crippen molar-refractivity contribution in [2.24, 2.45) is 5.41 Å². The van der Waals surface area contributed by atoms with Crippen molar-refractivity contribution in [2.45, 2.75) is 46.6 Å². The van der Waals surface area contributed by atoms with Crippen LogP contribution in [-0.2, 0) is 8.85 Å². The summed E-state index contributed by atoms with van der Waals surface area (Å²) in [5.74, 6) is 0. The third-order valence-corrected chi connectivity index (χ3v) is 4.49. The molecule has 0 unspecified atom stereocenters. The van der Waals surface area contributed by atoms with Gasteiger partial charge in [-0.25, -0.2) is 0 Å². The van der Waals surface area contributed by atoms with Crippen LogP contribution in [0, 0.1) is 16.7 Å². The van der Waals surface area contributed by atoms with E-state index in [9.17, 15) is 0 Å². The molecule has 0 aliphatic carbocycles. The summed E-state index contributed by atoms with van der Waals surface area (Å²) in [5.41, 5.74) is 0.0915. The van der Waals surface area contributed by atoms with Crippen molar-refractivity contribution in [3.05, 3.63) is 0 Å². The van der Waals surface area contributed by atoms with E-state index in [-0.39, 0.29) is 5.41 Å². The topological polar surface area (TPSA) is 42.2 Å². The lowest BCUT2D eigenvalue weighted by Gasteiger charge is -2.23. The monoisotopic (exact) mass is 229 g/mol. The lowest BCUT2D eigenvalue weighted by molar-refractivity contribution is 0.206.